The number of hydrogen-bond donors (Lipinski definition) is 1. The van der Waals surface area contributed by atoms with E-state index in [0.717, 1.165) is 0 Å². The number of thiophene rings is 1. The van der Waals surface area contributed by atoms with Crippen molar-refractivity contribution < 1.29 is 9.90 Å². The van der Waals surface area contributed by atoms with Crippen LogP contribution in [0.25, 0.3) is 0 Å². The minimum absolute atomic E-state index is 0.131. The van der Waals surface area contributed by atoms with E-state index >= 15 is 0 Å². The van der Waals surface area contributed by atoms with Gasteiger partial charge in [0, 0.05) is 19.4 Å². The van der Waals surface area contributed by atoms with E-state index in [2.05, 4.69) is 11.4 Å². The first-order valence-electron chi connectivity index (χ1n) is 4.46. The van der Waals surface area contributed by atoms with Gasteiger partial charge in [-0.2, -0.15) is 11.3 Å². The summed E-state index contributed by atoms with van der Waals surface area (Å²) >= 11 is 1.65. The van der Waals surface area contributed by atoms with Crippen molar-refractivity contribution in [1.82, 2.24) is 0 Å². The molecule has 0 bridgehead atoms. The van der Waals surface area contributed by atoms with Crippen LogP contribution in [-0.4, -0.2) is 17.5 Å². The van der Waals surface area contributed by atoms with E-state index in [9.17, 15) is 4.79 Å². The summed E-state index contributed by atoms with van der Waals surface area (Å²) in [6.45, 7) is 0.131. The molecule has 2 atom stereocenters. The Bertz CT molecular complexity index is 292. The summed E-state index contributed by atoms with van der Waals surface area (Å²) in [5.74, 6) is 0.709. The van der Waals surface area contributed by atoms with Gasteiger partial charge in [0.2, 0.25) is 0 Å². The van der Waals surface area contributed by atoms with Crippen LogP contribution in [0.3, 0.4) is 0 Å². The van der Waals surface area contributed by atoms with Crippen LogP contribution in [0.5, 0.6) is 0 Å². The second-order valence-corrected chi connectivity index (χ2v) is 4.33. The highest BCUT2D eigenvalue weighted by Gasteiger charge is 2.33. The largest absolute Gasteiger partial charge is 0.396 e. The fourth-order valence-corrected chi connectivity index (χ4v) is 2.72. The van der Waals surface area contributed by atoms with Gasteiger partial charge in [-0.1, -0.05) is 0 Å². The van der Waals surface area contributed by atoms with Gasteiger partial charge in [0.25, 0.3) is 0 Å². The molecule has 1 aliphatic rings. The molecule has 3 heteroatoms. The lowest BCUT2D eigenvalue weighted by molar-refractivity contribution is -0.117. The van der Waals surface area contributed by atoms with Gasteiger partial charge in [0.1, 0.15) is 5.78 Å². The van der Waals surface area contributed by atoms with Gasteiger partial charge in [-0.25, -0.2) is 0 Å². The maximum absolute atomic E-state index is 11.2. The summed E-state index contributed by atoms with van der Waals surface area (Å²) in [5.41, 5.74) is 1.22. The van der Waals surface area contributed by atoms with Crippen LogP contribution in [0.15, 0.2) is 16.8 Å². The van der Waals surface area contributed by atoms with Crippen molar-refractivity contribution in [3.63, 3.8) is 0 Å². The highest BCUT2D eigenvalue weighted by molar-refractivity contribution is 7.08. The second kappa shape index (κ2) is 3.60. The maximum Gasteiger partial charge on any atom is 0.133 e. The SMILES string of the molecule is O=C1C[C@@H](CO)[C@H](c2ccsc2)C1. The molecule has 70 valence electrons. The maximum atomic E-state index is 11.2. The molecule has 0 radical (unpaired) electrons. The lowest BCUT2D eigenvalue weighted by Gasteiger charge is -2.14. The van der Waals surface area contributed by atoms with Crippen molar-refractivity contribution >= 4 is 17.1 Å². The molecule has 0 saturated heterocycles. The molecular weight excluding hydrogens is 184 g/mol. The number of Topliss-reactive ketones (excluding diaryl/α,β-unsaturated/α-hetero) is 1. The van der Waals surface area contributed by atoms with E-state index in [1.165, 1.54) is 5.56 Å². The highest BCUT2D eigenvalue weighted by Crippen LogP contribution is 2.37. The van der Waals surface area contributed by atoms with E-state index in [1.807, 2.05) is 5.38 Å². The average Bonchev–Trinajstić information content (AvgIpc) is 2.71. The minimum atomic E-state index is 0.131. The molecule has 13 heavy (non-hydrogen) atoms. The Balaban J connectivity index is 2.19. The molecule has 0 unspecified atom stereocenters. The topological polar surface area (TPSA) is 37.3 Å². The molecular formula is C10H12O2S. The molecule has 0 spiro atoms. The van der Waals surface area contributed by atoms with Gasteiger partial charge in [0.05, 0.1) is 0 Å². The zero-order valence-electron chi connectivity index (χ0n) is 7.27. The van der Waals surface area contributed by atoms with E-state index in [4.69, 9.17) is 5.11 Å². The number of carbonyl (C=O) groups is 1. The highest BCUT2D eigenvalue weighted by atomic mass is 32.1. The number of aliphatic hydroxyl groups excluding tert-OH is 1. The summed E-state index contributed by atoms with van der Waals surface area (Å²) in [6.07, 6.45) is 1.17. The predicted octanol–water partition coefficient (Wildman–Crippen LogP) is 1.80. The standard InChI is InChI=1S/C10H12O2S/c11-5-8-3-9(12)4-10(8)7-1-2-13-6-7/h1-2,6,8,10-11H,3-5H2/t8-,10-/m0/s1. The molecule has 1 aromatic heterocycles. The van der Waals surface area contributed by atoms with E-state index in [0.29, 0.717) is 12.8 Å². The zero-order chi connectivity index (χ0) is 9.26. The van der Waals surface area contributed by atoms with Crippen molar-refractivity contribution in [1.29, 1.82) is 0 Å². The Labute approximate surface area is 81.2 Å². The smallest absolute Gasteiger partial charge is 0.133 e. The van der Waals surface area contributed by atoms with Crippen LogP contribution in [0, 0.1) is 5.92 Å². The Kier molecular flexibility index (Phi) is 2.47. The molecule has 1 aliphatic carbocycles. The van der Waals surface area contributed by atoms with Gasteiger partial charge in [0.15, 0.2) is 0 Å². The van der Waals surface area contributed by atoms with Crippen molar-refractivity contribution in [2.45, 2.75) is 18.8 Å². The lowest BCUT2D eigenvalue weighted by atomic mass is 9.91. The number of rotatable bonds is 2. The molecule has 1 aromatic rings. The predicted molar refractivity (Wildman–Crippen MR) is 51.9 cm³/mol. The Morgan fingerprint density at radius 2 is 2.38 bits per heavy atom. The van der Waals surface area contributed by atoms with Crippen LogP contribution in [-0.2, 0) is 4.79 Å². The third-order valence-corrected chi connectivity index (χ3v) is 3.41. The molecule has 1 fully saturated rings. The Morgan fingerprint density at radius 3 is 3.00 bits per heavy atom. The first kappa shape index (κ1) is 8.91. The zero-order valence-corrected chi connectivity index (χ0v) is 8.09. The van der Waals surface area contributed by atoms with Crippen LogP contribution in [0.4, 0.5) is 0 Å². The summed E-state index contributed by atoms with van der Waals surface area (Å²) in [6, 6.07) is 2.05. The second-order valence-electron chi connectivity index (χ2n) is 3.55. The minimum Gasteiger partial charge on any atom is -0.396 e. The van der Waals surface area contributed by atoms with Gasteiger partial charge < -0.3 is 5.11 Å². The average molecular weight is 196 g/mol. The van der Waals surface area contributed by atoms with E-state index in [-0.39, 0.29) is 24.2 Å². The van der Waals surface area contributed by atoms with Crippen molar-refractivity contribution in [3.8, 4) is 0 Å². The first-order valence-corrected chi connectivity index (χ1v) is 5.40. The molecule has 0 aromatic carbocycles. The lowest BCUT2D eigenvalue weighted by Crippen LogP contribution is -2.09. The van der Waals surface area contributed by atoms with Crippen LogP contribution in [0.1, 0.15) is 24.3 Å². The molecule has 2 nitrogen and oxygen atoms in total. The summed E-state index contributed by atoms with van der Waals surface area (Å²) in [4.78, 5) is 11.2. The third-order valence-electron chi connectivity index (χ3n) is 2.71. The molecule has 0 aliphatic heterocycles. The van der Waals surface area contributed by atoms with Crippen LogP contribution < -0.4 is 0 Å². The van der Waals surface area contributed by atoms with Crippen molar-refractivity contribution in [2.24, 2.45) is 5.92 Å². The number of carbonyl (C=O) groups excluding carboxylic acids is 1. The van der Waals surface area contributed by atoms with Gasteiger partial charge in [-0.05, 0) is 34.2 Å². The number of hydrogen-bond acceptors (Lipinski definition) is 3. The van der Waals surface area contributed by atoms with Gasteiger partial charge in [-0.15, -0.1) is 0 Å². The van der Waals surface area contributed by atoms with Crippen LogP contribution in [0.2, 0.25) is 0 Å². The summed E-state index contributed by atoms with van der Waals surface area (Å²) < 4.78 is 0. The molecule has 1 N–H and O–H groups in total. The van der Waals surface area contributed by atoms with E-state index < -0.39 is 0 Å². The third kappa shape index (κ3) is 1.67. The summed E-state index contributed by atoms with van der Waals surface area (Å²) in [7, 11) is 0. The summed E-state index contributed by atoms with van der Waals surface area (Å²) in [5, 5.41) is 13.2. The van der Waals surface area contributed by atoms with Crippen molar-refractivity contribution in [2.75, 3.05) is 6.61 Å². The molecule has 0 amide bonds. The molecule has 1 saturated carbocycles. The fourth-order valence-electron chi connectivity index (χ4n) is 2.00. The van der Waals surface area contributed by atoms with Crippen LogP contribution >= 0.6 is 11.3 Å². The quantitative estimate of drug-likeness (QED) is 0.783. The first-order chi connectivity index (χ1) is 6.31. The molecule has 2 rings (SSSR count). The molecule has 1 heterocycles. The number of ketones is 1. The van der Waals surface area contributed by atoms with Gasteiger partial charge in [-0.3, -0.25) is 4.79 Å². The Hall–Kier alpha value is -0.670. The van der Waals surface area contributed by atoms with Gasteiger partial charge >= 0.3 is 0 Å². The Morgan fingerprint density at radius 1 is 1.54 bits per heavy atom. The van der Waals surface area contributed by atoms with E-state index in [1.54, 1.807) is 11.3 Å². The van der Waals surface area contributed by atoms with Crippen molar-refractivity contribution in [3.05, 3.63) is 22.4 Å². The normalized spacial score (nSPS) is 28.2. The fraction of sp³-hybridized carbons (Fsp3) is 0.500. The monoisotopic (exact) mass is 196 g/mol. The number of aliphatic hydroxyl groups is 1.